The van der Waals surface area contributed by atoms with Gasteiger partial charge in [0.25, 0.3) is 5.69 Å². The molecule has 0 aliphatic carbocycles. The van der Waals surface area contributed by atoms with Gasteiger partial charge in [0.1, 0.15) is 5.82 Å². The van der Waals surface area contributed by atoms with Crippen molar-refractivity contribution >= 4 is 40.4 Å². The third-order valence-electron chi connectivity index (χ3n) is 4.91. The molecule has 8 heteroatoms. The first-order valence-corrected chi connectivity index (χ1v) is 9.96. The molecule has 4 aromatic rings. The lowest BCUT2D eigenvalue weighted by Gasteiger charge is -2.19. The lowest BCUT2D eigenvalue weighted by molar-refractivity contribution is -0.384. The minimum absolute atomic E-state index is 0.103. The first-order valence-electron chi connectivity index (χ1n) is 9.21. The van der Waals surface area contributed by atoms with Gasteiger partial charge in [0.2, 0.25) is 0 Å². The molecule has 31 heavy (non-hydrogen) atoms. The van der Waals surface area contributed by atoms with E-state index in [1.165, 1.54) is 6.07 Å². The van der Waals surface area contributed by atoms with Gasteiger partial charge in [-0.05, 0) is 23.8 Å². The summed E-state index contributed by atoms with van der Waals surface area (Å²) in [4.78, 5) is 15.7. The van der Waals surface area contributed by atoms with E-state index in [1.807, 2.05) is 6.07 Å². The zero-order valence-corrected chi connectivity index (χ0v) is 17.6. The highest BCUT2D eigenvalue weighted by molar-refractivity contribution is 6.35. The van der Waals surface area contributed by atoms with Crippen LogP contribution in [0.3, 0.4) is 0 Å². The van der Waals surface area contributed by atoms with Crippen LogP contribution in [0.25, 0.3) is 33.4 Å². The number of aromatic nitrogens is 1. The van der Waals surface area contributed by atoms with Gasteiger partial charge in [0.15, 0.2) is 0 Å². The van der Waals surface area contributed by atoms with Crippen LogP contribution >= 0.6 is 23.2 Å². The van der Waals surface area contributed by atoms with E-state index in [1.54, 1.807) is 60.8 Å². The van der Waals surface area contributed by atoms with Gasteiger partial charge in [0.05, 0.1) is 10.5 Å². The summed E-state index contributed by atoms with van der Waals surface area (Å²) < 4.78 is 0. The summed E-state index contributed by atoms with van der Waals surface area (Å²) in [5.74, 6) is 0.272. The second kappa shape index (κ2) is 8.26. The number of nitrogen functional groups attached to an aromatic ring is 2. The maximum absolute atomic E-state index is 12.0. The Morgan fingerprint density at radius 2 is 1.35 bits per heavy atom. The fourth-order valence-corrected chi connectivity index (χ4v) is 4.02. The van der Waals surface area contributed by atoms with Crippen LogP contribution in [-0.2, 0) is 0 Å². The lowest BCUT2D eigenvalue weighted by atomic mass is 9.86. The Morgan fingerprint density at radius 3 is 1.90 bits per heavy atom. The summed E-state index contributed by atoms with van der Waals surface area (Å²) in [7, 11) is 0. The Bertz CT molecular complexity index is 1320. The smallest absolute Gasteiger partial charge is 0.277 e. The van der Waals surface area contributed by atoms with Gasteiger partial charge >= 0.3 is 0 Å². The van der Waals surface area contributed by atoms with Crippen LogP contribution in [0.4, 0.5) is 17.2 Å². The van der Waals surface area contributed by atoms with Crippen LogP contribution in [0.5, 0.6) is 0 Å². The van der Waals surface area contributed by atoms with E-state index in [0.717, 1.165) is 0 Å². The Hall–Kier alpha value is -3.61. The number of hydrogen-bond acceptors (Lipinski definition) is 5. The maximum Gasteiger partial charge on any atom is 0.277 e. The predicted molar refractivity (Wildman–Crippen MR) is 126 cm³/mol. The van der Waals surface area contributed by atoms with Gasteiger partial charge in [-0.2, -0.15) is 0 Å². The number of nitro groups is 1. The zero-order chi connectivity index (χ0) is 22.1. The molecule has 3 aromatic carbocycles. The van der Waals surface area contributed by atoms with Gasteiger partial charge in [0, 0.05) is 56.3 Å². The molecule has 0 amide bonds. The van der Waals surface area contributed by atoms with Gasteiger partial charge in [-0.15, -0.1) is 0 Å². The summed E-state index contributed by atoms with van der Waals surface area (Å²) in [6.07, 6.45) is 1.54. The van der Waals surface area contributed by atoms with Crippen LogP contribution in [0, 0.1) is 10.1 Å². The molecular formula is C23H16Cl2N4O2. The number of nitrogens with zero attached hydrogens (tertiary/aromatic N) is 2. The second-order valence-corrected chi connectivity index (χ2v) is 7.61. The number of pyridine rings is 1. The average Bonchev–Trinajstić information content (AvgIpc) is 2.74. The average molecular weight is 451 g/mol. The zero-order valence-electron chi connectivity index (χ0n) is 16.0. The summed E-state index contributed by atoms with van der Waals surface area (Å²) in [6, 6.07) is 18.7. The third-order valence-corrected chi connectivity index (χ3v) is 5.57. The van der Waals surface area contributed by atoms with Crippen molar-refractivity contribution in [1.82, 2.24) is 4.98 Å². The number of benzene rings is 3. The molecule has 0 saturated carbocycles. The van der Waals surface area contributed by atoms with Crippen LogP contribution in [0.15, 0.2) is 72.9 Å². The molecule has 4 N–H and O–H groups in total. The standard InChI is InChI=1S/C23H16Cl2N4O2/c24-17-7-3-1-5-14(17)22-13(16-12-28-21(27)11-19(16)26)9-10-20(29(30)31)23(22)15-6-2-4-8-18(15)25/h1-12H,(H4,26,27,28). The topological polar surface area (TPSA) is 108 Å². The molecule has 0 radical (unpaired) electrons. The fourth-order valence-electron chi connectivity index (χ4n) is 3.56. The monoisotopic (exact) mass is 450 g/mol. The highest BCUT2D eigenvalue weighted by atomic mass is 35.5. The fraction of sp³-hybridized carbons (Fsp3) is 0. The molecule has 0 aliphatic heterocycles. The lowest BCUT2D eigenvalue weighted by Crippen LogP contribution is -2.01. The van der Waals surface area contributed by atoms with Crippen molar-refractivity contribution in [2.75, 3.05) is 11.5 Å². The Kier molecular flexibility index (Phi) is 5.50. The normalized spacial score (nSPS) is 10.8. The van der Waals surface area contributed by atoms with Crippen molar-refractivity contribution < 1.29 is 4.92 Å². The summed E-state index contributed by atoms with van der Waals surface area (Å²) in [6.45, 7) is 0. The van der Waals surface area contributed by atoms with Crippen LogP contribution in [-0.4, -0.2) is 9.91 Å². The van der Waals surface area contributed by atoms with E-state index >= 15 is 0 Å². The Morgan fingerprint density at radius 1 is 0.774 bits per heavy atom. The minimum Gasteiger partial charge on any atom is -0.398 e. The number of nitro benzene ring substituents is 1. The Balaban J connectivity index is 2.20. The number of rotatable bonds is 4. The molecule has 0 bridgehead atoms. The van der Waals surface area contributed by atoms with Gasteiger partial charge in [-0.3, -0.25) is 10.1 Å². The second-order valence-electron chi connectivity index (χ2n) is 6.80. The first-order chi connectivity index (χ1) is 14.9. The minimum atomic E-state index is -0.437. The summed E-state index contributed by atoms with van der Waals surface area (Å²) >= 11 is 13.0. The number of anilines is 2. The molecule has 0 spiro atoms. The molecule has 0 aliphatic rings. The molecule has 1 aromatic heterocycles. The van der Waals surface area contributed by atoms with Crippen molar-refractivity contribution in [3.05, 3.63) is 93.1 Å². The first kappa shape index (κ1) is 20.7. The Labute approximate surface area is 188 Å². The quantitative estimate of drug-likeness (QED) is 0.273. The van der Waals surface area contributed by atoms with Crippen LogP contribution in [0.2, 0.25) is 10.0 Å². The highest BCUT2D eigenvalue weighted by Crippen LogP contribution is 2.49. The molecular weight excluding hydrogens is 435 g/mol. The molecule has 0 atom stereocenters. The van der Waals surface area contributed by atoms with Gasteiger partial charge in [-0.25, -0.2) is 4.98 Å². The molecule has 0 saturated heterocycles. The molecule has 6 nitrogen and oxygen atoms in total. The van der Waals surface area contributed by atoms with E-state index in [-0.39, 0.29) is 11.5 Å². The SMILES string of the molecule is Nc1cc(N)c(-c2ccc([N+](=O)[O-])c(-c3ccccc3Cl)c2-c2ccccc2Cl)cn1. The van der Waals surface area contributed by atoms with Crippen molar-refractivity contribution in [2.24, 2.45) is 0 Å². The van der Waals surface area contributed by atoms with Crippen molar-refractivity contribution in [3.8, 4) is 33.4 Å². The summed E-state index contributed by atoms with van der Waals surface area (Å²) in [5.41, 5.74) is 15.5. The third kappa shape index (κ3) is 3.79. The van der Waals surface area contributed by atoms with Gasteiger partial charge < -0.3 is 11.5 Å². The van der Waals surface area contributed by atoms with Crippen molar-refractivity contribution in [1.29, 1.82) is 0 Å². The van der Waals surface area contributed by atoms with E-state index < -0.39 is 4.92 Å². The van der Waals surface area contributed by atoms with E-state index in [9.17, 15) is 10.1 Å². The maximum atomic E-state index is 12.0. The summed E-state index contributed by atoms with van der Waals surface area (Å²) in [5, 5.41) is 12.8. The van der Waals surface area contributed by atoms with E-state index in [4.69, 9.17) is 34.7 Å². The molecule has 0 unspecified atom stereocenters. The van der Waals surface area contributed by atoms with Gasteiger partial charge in [-0.1, -0.05) is 59.6 Å². The van der Waals surface area contributed by atoms with E-state index in [2.05, 4.69) is 4.98 Å². The predicted octanol–water partition coefficient (Wildman–Crippen LogP) is 6.46. The van der Waals surface area contributed by atoms with E-state index in [0.29, 0.717) is 49.1 Å². The number of hydrogen-bond donors (Lipinski definition) is 2. The largest absolute Gasteiger partial charge is 0.398 e. The number of halogens is 2. The molecule has 1 heterocycles. The highest BCUT2D eigenvalue weighted by Gasteiger charge is 2.27. The van der Waals surface area contributed by atoms with Crippen LogP contribution < -0.4 is 11.5 Å². The van der Waals surface area contributed by atoms with Crippen LogP contribution in [0.1, 0.15) is 0 Å². The molecule has 154 valence electrons. The molecule has 0 fully saturated rings. The van der Waals surface area contributed by atoms with Crippen molar-refractivity contribution in [3.63, 3.8) is 0 Å². The van der Waals surface area contributed by atoms with Crippen molar-refractivity contribution in [2.45, 2.75) is 0 Å². The molecule has 4 rings (SSSR count). The number of nitrogens with two attached hydrogens (primary N) is 2.